The highest BCUT2D eigenvalue weighted by atomic mass is 79.9. The number of nitrogens with zero attached hydrogens (tertiary/aromatic N) is 2. The van der Waals surface area contributed by atoms with Gasteiger partial charge in [0.05, 0.1) is 11.4 Å². The summed E-state index contributed by atoms with van der Waals surface area (Å²) in [4.78, 5) is 4.47. The van der Waals surface area contributed by atoms with E-state index in [-0.39, 0.29) is 6.10 Å². The molecule has 1 aromatic carbocycles. The summed E-state index contributed by atoms with van der Waals surface area (Å²) in [6.07, 6.45) is 2.14. The zero-order chi connectivity index (χ0) is 15.6. The van der Waals surface area contributed by atoms with E-state index < -0.39 is 10.0 Å². The Labute approximate surface area is 138 Å². The highest BCUT2D eigenvalue weighted by Crippen LogP contribution is 2.23. The van der Waals surface area contributed by atoms with E-state index in [1.807, 2.05) is 6.07 Å². The number of pyridine rings is 1. The van der Waals surface area contributed by atoms with Crippen molar-refractivity contribution < 1.29 is 13.2 Å². The van der Waals surface area contributed by atoms with Crippen LogP contribution in [0, 0.1) is 0 Å². The first kappa shape index (κ1) is 15.5. The molecule has 1 aromatic heterocycles. The Morgan fingerprint density at radius 2 is 1.95 bits per heavy atom. The first-order valence-electron chi connectivity index (χ1n) is 6.89. The van der Waals surface area contributed by atoms with Crippen LogP contribution in [0.2, 0.25) is 0 Å². The lowest BCUT2D eigenvalue weighted by molar-refractivity contribution is 0.207. The third kappa shape index (κ3) is 3.31. The first-order chi connectivity index (χ1) is 10.6. The van der Waals surface area contributed by atoms with Crippen molar-refractivity contribution in [2.24, 2.45) is 0 Å². The maximum atomic E-state index is 12.5. The summed E-state index contributed by atoms with van der Waals surface area (Å²) in [5, 5.41) is 0. The Hall–Kier alpha value is -1.44. The highest BCUT2D eigenvalue weighted by molar-refractivity contribution is 9.10. The maximum absolute atomic E-state index is 12.5. The number of halogens is 1. The van der Waals surface area contributed by atoms with Gasteiger partial charge in [0.15, 0.2) is 0 Å². The molecule has 3 rings (SSSR count). The van der Waals surface area contributed by atoms with Gasteiger partial charge in [0.2, 0.25) is 15.9 Å². The third-order valence-electron chi connectivity index (χ3n) is 3.48. The Balaban J connectivity index is 1.68. The minimum atomic E-state index is -3.45. The summed E-state index contributed by atoms with van der Waals surface area (Å²) in [6, 6.07) is 12.1. The second-order valence-electron chi connectivity index (χ2n) is 5.02. The molecule has 22 heavy (non-hydrogen) atoms. The molecule has 0 aliphatic carbocycles. The van der Waals surface area contributed by atoms with Crippen LogP contribution in [0.25, 0.3) is 0 Å². The van der Waals surface area contributed by atoms with E-state index in [1.165, 1.54) is 4.31 Å². The van der Waals surface area contributed by atoms with Crippen LogP contribution in [-0.4, -0.2) is 36.9 Å². The second-order valence-corrected chi connectivity index (χ2v) is 7.87. The number of hydrogen-bond donors (Lipinski definition) is 0. The van der Waals surface area contributed by atoms with Gasteiger partial charge in [0.25, 0.3) is 0 Å². The fraction of sp³-hybridized carbons (Fsp3) is 0.267. The van der Waals surface area contributed by atoms with Crippen LogP contribution in [-0.2, 0) is 10.0 Å². The van der Waals surface area contributed by atoms with Gasteiger partial charge in [0.1, 0.15) is 6.10 Å². The number of aromatic nitrogens is 1. The topological polar surface area (TPSA) is 59.5 Å². The van der Waals surface area contributed by atoms with E-state index in [1.54, 1.807) is 42.6 Å². The Morgan fingerprint density at radius 3 is 2.64 bits per heavy atom. The second kappa shape index (κ2) is 6.36. The molecule has 116 valence electrons. The highest BCUT2D eigenvalue weighted by Gasteiger charge is 2.33. The summed E-state index contributed by atoms with van der Waals surface area (Å²) in [5.41, 5.74) is 0. The van der Waals surface area contributed by atoms with Crippen LogP contribution in [0.4, 0.5) is 0 Å². The number of benzene rings is 1. The normalized spacial score (nSPS) is 19.2. The molecule has 0 amide bonds. The van der Waals surface area contributed by atoms with E-state index in [4.69, 9.17) is 4.74 Å². The smallest absolute Gasteiger partial charge is 0.243 e. The van der Waals surface area contributed by atoms with Gasteiger partial charge in [0, 0.05) is 23.3 Å². The minimum absolute atomic E-state index is 0.174. The van der Waals surface area contributed by atoms with Crippen molar-refractivity contribution in [3.05, 3.63) is 53.1 Å². The van der Waals surface area contributed by atoms with Gasteiger partial charge < -0.3 is 4.74 Å². The molecule has 1 fully saturated rings. The average molecular weight is 383 g/mol. The zero-order valence-electron chi connectivity index (χ0n) is 11.7. The fourth-order valence-electron chi connectivity index (χ4n) is 2.36. The first-order valence-corrected chi connectivity index (χ1v) is 9.12. The summed E-state index contributed by atoms with van der Waals surface area (Å²) >= 11 is 3.31. The third-order valence-corrected chi connectivity index (χ3v) is 5.82. The summed E-state index contributed by atoms with van der Waals surface area (Å²) in [6.45, 7) is 0.799. The van der Waals surface area contributed by atoms with Gasteiger partial charge in [-0.05, 0) is 40.5 Å². The molecule has 5 nitrogen and oxygen atoms in total. The van der Waals surface area contributed by atoms with Crippen LogP contribution in [0.15, 0.2) is 58.0 Å². The largest absolute Gasteiger partial charge is 0.473 e. The van der Waals surface area contributed by atoms with Gasteiger partial charge in [-0.1, -0.05) is 18.2 Å². The lowest BCUT2D eigenvalue weighted by Gasteiger charge is -2.17. The molecule has 2 aromatic rings. The number of ether oxygens (including phenoxy) is 1. The molecule has 0 N–H and O–H groups in total. The molecule has 2 heterocycles. The van der Waals surface area contributed by atoms with Crippen LogP contribution in [0.3, 0.4) is 0 Å². The summed E-state index contributed by atoms with van der Waals surface area (Å²) < 4.78 is 33.1. The van der Waals surface area contributed by atoms with Crippen molar-refractivity contribution in [3.8, 4) is 5.88 Å². The van der Waals surface area contributed by atoms with Crippen molar-refractivity contribution in [1.82, 2.24) is 9.29 Å². The Kier molecular flexibility index (Phi) is 4.46. The number of rotatable bonds is 4. The molecular formula is C15H15BrN2O3S. The van der Waals surface area contributed by atoms with E-state index in [2.05, 4.69) is 20.9 Å². The van der Waals surface area contributed by atoms with Crippen LogP contribution >= 0.6 is 15.9 Å². The van der Waals surface area contributed by atoms with Gasteiger partial charge in [-0.25, -0.2) is 13.4 Å². The van der Waals surface area contributed by atoms with Crippen LogP contribution in [0.1, 0.15) is 6.42 Å². The molecule has 1 atom stereocenters. The predicted molar refractivity (Wildman–Crippen MR) is 86.2 cm³/mol. The van der Waals surface area contributed by atoms with Gasteiger partial charge in [-0.3, -0.25) is 0 Å². The van der Waals surface area contributed by atoms with Crippen molar-refractivity contribution in [1.29, 1.82) is 0 Å². The van der Waals surface area contributed by atoms with Crippen molar-refractivity contribution in [2.45, 2.75) is 17.4 Å². The van der Waals surface area contributed by atoms with E-state index in [0.29, 0.717) is 30.3 Å². The fourth-order valence-corrected chi connectivity index (χ4v) is 4.10. The quantitative estimate of drug-likeness (QED) is 0.815. The van der Waals surface area contributed by atoms with Crippen LogP contribution in [0.5, 0.6) is 5.88 Å². The van der Waals surface area contributed by atoms with E-state index >= 15 is 0 Å². The maximum Gasteiger partial charge on any atom is 0.243 e. The van der Waals surface area contributed by atoms with Gasteiger partial charge >= 0.3 is 0 Å². The molecule has 1 saturated heterocycles. The Bertz CT molecular complexity index is 735. The van der Waals surface area contributed by atoms with Crippen molar-refractivity contribution in [2.75, 3.05) is 13.1 Å². The zero-order valence-corrected chi connectivity index (χ0v) is 14.1. The predicted octanol–water partition coefficient (Wildman–Crippen LogP) is 2.69. The SMILES string of the molecule is O=S(=O)(c1ccccc1)N1CC[C@H](Oc2ccc(Br)cn2)C1. The molecular weight excluding hydrogens is 368 g/mol. The van der Waals surface area contributed by atoms with E-state index in [0.717, 1.165) is 4.47 Å². The molecule has 0 saturated carbocycles. The molecule has 1 aliphatic heterocycles. The molecule has 7 heteroatoms. The summed E-state index contributed by atoms with van der Waals surface area (Å²) in [7, 11) is -3.45. The number of hydrogen-bond acceptors (Lipinski definition) is 4. The van der Waals surface area contributed by atoms with E-state index in [9.17, 15) is 8.42 Å². The lowest BCUT2D eigenvalue weighted by Crippen LogP contribution is -2.31. The molecule has 0 spiro atoms. The van der Waals surface area contributed by atoms with Crippen molar-refractivity contribution in [3.63, 3.8) is 0 Å². The molecule has 0 radical (unpaired) electrons. The summed E-state index contributed by atoms with van der Waals surface area (Å²) in [5.74, 6) is 0.507. The standard InChI is InChI=1S/C15H15BrN2O3S/c16-12-6-7-15(17-10-12)21-13-8-9-18(11-13)22(19,20)14-4-2-1-3-5-14/h1-7,10,13H,8-9,11H2/t13-/m0/s1. The Morgan fingerprint density at radius 1 is 1.18 bits per heavy atom. The molecule has 1 aliphatic rings. The van der Waals surface area contributed by atoms with Crippen LogP contribution < -0.4 is 4.74 Å². The minimum Gasteiger partial charge on any atom is -0.473 e. The van der Waals surface area contributed by atoms with Crippen molar-refractivity contribution >= 4 is 26.0 Å². The van der Waals surface area contributed by atoms with Gasteiger partial charge in [-0.2, -0.15) is 4.31 Å². The molecule has 0 unspecified atom stereocenters. The lowest BCUT2D eigenvalue weighted by atomic mass is 10.3. The number of sulfonamides is 1. The monoisotopic (exact) mass is 382 g/mol. The average Bonchev–Trinajstić information content (AvgIpc) is 3.00. The van der Waals surface area contributed by atoms with Gasteiger partial charge in [-0.15, -0.1) is 0 Å². The molecule has 0 bridgehead atoms.